The Morgan fingerprint density at radius 2 is 1.57 bits per heavy atom. The number of benzene rings is 3. The molecule has 30 heavy (non-hydrogen) atoms. The van der Waals surface area contributed by atoms with Crippen molar-refractivity contribution in [2.45, 2.75) is 27.7 Å². The molecule has 0 atom stereocenters. The van der Waals surface area contributed by atoms with Crippen LogP contribution in [0.2, 0.25) is 0 Å². The van der Waals surface area contributed by atoms with E-state index in [0.29, 0.717) is 5.56 Å². The third kappa shape index (κ3) is 3.64. The fourth-order valence-corrected chi connectivity index (χ4v) is 3.98. The number of aryl methyl sites for hydroxylation is 3. The molecule has 1 amide bonds. The molecule has 4 nitrogen and oxygen atoms in total. The van der Waals surface area contributed by atoms with Crippen molar-refractivity contribution < 1.29 is 4.79 Å². The fraction of sp³-hybridized carbons (Fsp3) is 0.154. The quantitative estimate of drug-likeness (QED) is 0.353. The second kappa shape index (κ2) is 7.99. The van der Waals surface area contributed by atoms with Crippen molar-refractivity contribution >= 4 is 22.9 Å². The van der Waals surface area contributed by atoms with Gasteiger partial charge in [-0.25, -0.2) is 5.43 Å². The van der Waals surface area contributed by atoms with Crippen LogP contribution in [0.15, 0.2) is 71.8 Å². The van der Waals surface area contributed by atoms with Gasteiger partial charge in [0, 0.05) is 22.5 Å². The van der Waals surface area contributed by atoms with Crippen LogP contribution in [-0.2, 0) is 0 Å². The first kappa shape index (κ1) is 19.6. The van der Waals surface area contributed by atoms with Gasteiger partial charge in [0.25, 0.3) is 5.91 Å². The summed E-state index contributed by atoms with van der Waals surface area (Å²) in [6.45, 7) is 8.41. The van der Waals surface area contributed by atoms with E-state index in [1.54, 1.807) is 6.21 Å². The lowest BCUT2D eigenvalue weighted by Crippen LogP contribution is -2.17. The van der Waals surface area contributed by atoms with Gasteiger partial charge in [-0.1, -0.05) is 48.5 Å². The molecule has 4 aromatic rings. The van der Waals surface area contributed by atoms with E-state index in [9.17, 15) is 4.79 Å². The zero-order valence-corrected chi connectivity index (χ0v) is 17.7. The van der Waals surface area contributed by atoms with Crippen molar-refractivity contribution in [2.24, 2.45) is 5.10 Å². The predicted octanol–water partition coefficient (Wildman–Crippen LogP) is 5.63. The number of rotatable bonds is 4. The van der Waals surface area contributed by atoms with Crippen LogP contribution in [0, 0.1) is 27.7 Å². The molecular weight excluding hydrogens is 370 g/mol. The molecule has 0 saturated carbocycles. The molecule has 0 bridgehead atoms. The lowest BCUT2D eigenvalue weighted by atomic mass is 10.1. The van der Waals surface area contributed by atoms with Gasteiger partial charge in [-0.15, -0.1) is 0 Å². The first-order valence-electron chi connectivity index (χ1n) is 10.0. The van der Waals surface area contributed by atoms with Gasteiger partial charge in [0.2, 0.25) is 0 Å². The van der Waals surface area contributed by atoms with E-state index in [-0.39, 0.29) is 5.91 Å². The fourth-order valence-electron chi connectivity index (χ4n) is 3.98. The molecule has 4 rings (SSSR count). The molecule has 1 aromatic heterocycles. The minimum absolute atomic E-state index is 0.222. The Labute approximate surface area is 176 Å². The predicted molar refractivity (Wildman–Crippen MR) is 124 cm³/mol. The smallest absolute Gasteiger partial charge is 0.271 e. The molecule has 0 aliphatic heterocycles. The van der Waals surface area contributed by atoms with E-state index in [1.165, 1.54) is 16.8 Å². The Morgan fingerprint density at radius 1 is 0.867 bits per heavy atom. The van der Waals surface area contributed by atoms with E-state index in [2.05, 4.69) is 67.1 Å². The van der Waals surface area contributed by atoms with E-state index in [4.69, 9.17) is 0 Å². The van der Waals surface area contributed by atoms with Gasteiger partial charge in [-0.05, 0) is 67.8 Å². The molecule has 1 heterocycles. The summed E-state index contributed by atoms with van der Waals surface area (Å²) >= 11 is 0. The average Bonchev–Trinajstić information content (AvgIpc) is 3.01. The lowest BCUT2D eigenvalue weighted by molar-refractivity contribution is 0.0955. The number of hydrogen-bond acceptors (Lipinski definition) is 2. The highest BCUT2D eigenvalue weighted by Crippen LogP contribution is 2.25. The second-order valence-electron chi connectivity index (χ2n) is 7.66. The third-order valence-electron chi connectivity index (χ3n) is 5.51. The summed E-state index contributed by atoms with van der Waals surface area (Å²) in [4.78, 5) is 12.5. The zero-order valence-electron chi connectivity index (χ0n) is 17.7. The largest absolute Gasteiger partial charge is 0.317 e. The van der Waals surface area contributed by atoms with Crippen molar-refractivity contribution in [3.8, 4) is 5.69 Å². The van der Waals surface area contributed by atoms with E-state index < -0.39 is 0 Å². The molecule has 0 aliphatic carbocycles. The van der Waals surface area contributed by atoms with Gasteiger partial charge >= 0.3 is 0 Å². The lowest BCUT2D eigenvalue weighted by Gasteiger charge is -2.15. The number of carbonyl (C=O) groups excluding carboxylic acids is 1. The highest BCUT2D eigenvalue weighted by molar-refractivity contribution is 5.99. The normalized spacial score (nSPS) is 11.3. The van der Waals surface area contributed by atoms with Crippen molar-refractivity contribution in [1.29, 1.82) is 0 Å². The average molecular weight is 396 g/mol. The van der Waals surface area contributed by atoms with Gasteiger partial charge in [0.1, 0.15) is 0 Å². The number of hydrazone groups is 1. The second-order valence-corrected chi connectivity index (χ2v) is 7.66. The number of nitrogens with one attached hydrogen (secondary N) is 1. The maximum atomic E-state index is 12.5. The minimum Gasteiger partial charge on any atom is -0.317 e. The van der Waals surface area contributed by atoms with Crippen molar-refractivity contribution in [3.63, 3.8) is 0 Å². The minimum atomic E-state index is -0.222. The Morgan fingerprint density at radius 3 is 2.30 bits per heavy atom. The first-order valence-corrected chi connectivity index (χ1v) is 10.0. The summed E-state index contributed by atoms with van der Waals surface area (Å²) < 4.78 is 2.25. The van der Waals surface area contributed by atoms with E-state index in [1.807, 2.05) is 42.5 Å². The van der Waals surface area contributed by atoms with Gasteiger partial charge in [-0.3, -0.25) is 4.79 Å². The summed E-state index contributed by atoms with van der Waals surface area (Å²) in [7, 11) is 0. The molecule has 0 radical (unpaired) electrons. The Hall–Kier alpha value is -3.66. The highest BCUT2D eigenvalue weighted by atomic mass is 16.2. The number of nitrogens with zero attached hydrogens (tertiary/aromatic N) is 2. The van der Waals surface area contributed by atoms with E-state index in [0.717, 1.165) is 27.7 Å². The summed E-state index contributed by atoms with van der Waals surface area (Å²) in [5, 5.41) is 6.36. The number of carbonyl (C=O) groups is 1. The highest BCUT2D eigenvalue weighted by Gasteiger charge is 2.13. The summed E-state index contributed by atoms with van der Waals surface area (Å²) in [5.41, 5.74) is 10.1. The van der Waals surface area contributed by atoms with Crippen LogP contribution in [0.1, 0.15) is 38.4 Å². The molecule has 1 N–H and O–H groups in total. The molecule has 0 aliphatic rings. The Kier molecular flexibility index (Phi) is 5.23. The summed E-state index contributed by atoms with van der Waals surface area (Å²) in [5.74, 6) is -0.222. The molecule has 3 aromatic carbocycles. The number of para-hydroxylation sites is 1. The van der Waals surface area contributed by atoms with Crippen LogP contribution in [0.3, 0.4) is 0 Å². The van der Waals surface area contributed by atoms with Crippen LogP contribution in [0.25, 0.3) is 16.5 Å². The van der Waals surface area contributed by atoms with Gasteiger partial charge in [0.15, 0.2) is 0 Å². The van der Waals surface area contributed by atoms with Crippen LogP contribution < -0.4 is 5.43 Å². The van der Waals surface area contributed by atoms with Crippen molar-refractivity contribution in [3.05, 3.63) is 100 Å². The summed E-state index contributed by atoms with van der Waals surface area (Å²) in [6, 6.07) is 22.0. The van der Waals surface area contributed by atoms with Crippen LogP contribution >= 0.6 is 0 Å². The molecule has 150 valence electrons. The number of fused-ring (bicyclic) bond motifs is 1. The van der Waals surface area contributed by atoms with Gasteiger partial charge in [-0.2, -0.15) is 5.10 Å². The topological polar surface area (TPSA) is 46.4 Å². The number of amides is 1. The molecule has 0 saturated heterocycles. The van der Waals surface area contributed by atoms with Crippen molar-refractivity contribution in [1.82, 2.24) is 9.99 Å². The maximum Gasteiger partial charge on any atom is 0.271 e. The first-order chi connectivity index (χ1) is 14.5. The van der Waals surface area contributed by atoms with Gasteiger partial charge < -0.3 is 4.57 Å². The Bertz CT molecular complexity index is 1260. The van der Waals surface area contributed by atoms with Crippen LogP contribution in [-0.4, -0.2) is 16.7 Å². The third-order valence-corrected chi connectivity index (χ3v) is 5.51. The number of aromatic nitrogens is 1. The standard InChI is InChI=1S/C26H25N3O/c1-17-8-7-9-18(2)25(17)29-19(3)14-24(20(29)4)16-27-28-26(30)23-13-12-21-10-5-6-11-22(21)15-23/h5-16H,1-4H3,(H,28,30)/b27-16+. The van der Waals surface area contributed by atoms with Crippen LogP contribution in [0.4, 0.5) is 0 Å². The SMILES string of the molecule is Cc1cccc(C)c1-n1c(C)cc(/C=N/NC(=O)c2ccc3ccccc3c2)c1C. The molecule has 0 fully saturated rings. The molecule has 0 spiro atoms. The van der Waals surface area contributed by atoms with Crippen molar-refractivity contribution in [2.75, 3.05) is 0 Å². The Balaban J connectivity index is 1.56. The maximum absolute atomic E-state index is 12.5. The molecular formula is C26H25N3O. The van der Waals surface area contributed by atoms with Gasteiger partial charge in [0.05, 0.1) is 11.9 Å². The number of hydrogen-bond donors (Lipinski definition) is 1. The van der Waals surface area contributed by atoms with Crippen LogP contribution in [0.5, 0.6) is 0 Å². The zero-order chi connectivity index (χ0) is 21.3. The molecule has 4 heteroatoms. The summed E-state index contributed by atoms with van der Waals surface area (Å²) in [6.07, 6.45) is 1.71. The van der Waals surface area contributed by atoms with E-state index >= 15 is 0 Å². The molecule has 0 unspecified atom stereocenters. The monoisotopic (exact) mass is 395 g/mol.